The predicted octanol–water partition coefficient (Wildman–Crippen LogP) is 2.62. The highest BCUT2D eigenvalue weighted by atomic mass is 35.5. The summed E-state index contributed by atoms with van der Waals surface area (Å²) in [7, 11) is 0. The molecule has 1 atom stereocenters. The second-order valence-corrected chi connectivity index (χ2v) is 6.01. The molecule has 2 fully saturated rings. The van der Waals surface area contributed by atoms with Crippen LogP contribution in [0.15, 0.2) is 18.2 Å². The van der Waals surface area contributed by atoms with Crippen molar-refractivity contribution in [1.29, 1.82) is 0 Å². The van der Waals surface area contributed by atoms with E-state index in [0.29, 0.717) is 19.0 Å². The molecule has 1 aromatic rings. The largest absolute Gasteiger partial charge is 0.388 e. The molecule has 1 saturated heterocycles. The lowest BCUT2D eigenvalue weighted by molar-refractivity contribution is 0.0487. The Labute approximate surface area is 111 Å². The molecule has 98 valence electrons. The molecule has 2 aliphatic rings. The Hall–Kier alpha value is -0.640. The van der Waals surface area contributed by atoms with Crippen LogP contribution in [0.4, 0.5) is 4.39 Å². The first-order chi connectivity index (χ1) is 8.56. The van der Waals surface area contributed by atoms with E-state index in [1.807, 2.05) is 0 Å². The van der Waals surface area contributed by atoms with Gasteiger partial charge in [-0.25, -0.2) is 4.39 Å². The van der Waals surface area contributed by atoms with Crippen LogP contribution in [0.25, 0.3) is 0 Å². The fourth-order valence-electron chi connectivity index (χ4n) is 2.81. The van der Waals surface area contributed by atoms with Gasteiger partial charge in [-0.3, -0.25) is 4.90 Å². The van der Waals surface area contributed by atoms with Gasteiger partial charge in [-0.05, 0) is 37.0 Å². The van der Waals surface area contributed by atoms with Crippen molar-refractivity contribution in [2.24, 2.45) is 0 Å². The number of hydrogen-bond acceptors (Lipinski definition) is 2. The summed E-state index contributed by atoms with van der Waals surface area (Å²) in [5.41, 5.74) is 0.111. The summed E-state index contributed by atoms with van der Waals surface area (Å²) in [6.45, 7) is 1.67. The molecule has 1 aliphatic carbocycles. The third-order valence-corrected chi connectivity index (χ3v) is 4.25. The minimum atomic E-state index is -0.705. The zero-order valence-corrected chi connectivity index (χ0v) is 11.0. The maximum Gasteiger partial charge on any atom is 0.142 e. The molecule has 0 aromatic heterocycles. The molecule has 1 unspecified atom stereocenters. The van der Waals surface area contributed by atoms with Crippen LogP contribution in [-0.4, -0.2) is 34.7 Å². The van der Waals surface area contributed by atoms with Crippen molar-refractivity contribution in [3.63, 3.8) is 0 Å². The SMILES string of the molecule is OC1(Cc2ccc(Cl)c(F)c2)CCN(C2CC2)C1. The van der Waals surface area contributed by atoms with Crippen molar-refractivity contribution in [2.45, 2.75) is 37.3 Å². The number of likely N-dealkylation sites (tertiary alicyclic amines) is 1. The molecular formula is C14H17ClFNO. The molecule has 1 heterocycles. The highest BCUT2D eigenvalue weighted by Gasteiger charge is 2.41. The zero-order valence-electron chi connectivity index (χ0n) is 10.2. The molecular weight excluding hydrogens is 253 g/mol. The molecule has 3 rings (SSSR count). The standard InChI is InChI=1S/C14H17ClFNO/c15-12-4-1-10(7-13(12)16)8-14(18)5-6-17(9-14)11-2-3-11/h1,4,7,11,18H,2-3,5-6,8-9H2. The topological polar surface area (TPSA) is 23.5 Å². The van der Waals surface area contributed by atoms with Crippen LogP contribution >= 0.6 is 11.6 Å². The van der Waals surface area contributed by atoms with E-state index >= 15 is 0 Å². The monoisotopic (exact) mass is 269 g/mol. The number of β-amino-alcohol motifs (C(OH)–C–C–N with tert-alkyl or cyclic N) is 1. The molecule has 2 nitrogen and oxygen atoms in total. The minimum Gasteiger partial charge on any atom is -0.388 e. The van der Waals surface area contributed by atoms with Crippen LogP contribution in [0.1, 0.15) is 24.8 Å². The van der Waals surface area contributed by atoms with Gasteiger partial charge in [0.15, 0.2) is 0 Å². The smallest absolute Gasteiger partial charge is 0.142 e. The lowest BCUT2D eigenvalue weighted by atomic mass is 9.94. The first-order valence-corrected chi connectivity index (χ1v) is 6.84. The number of aliphatic hydroxyl groups is 1. The molecule has 0 bridgehead atoms. The lowest BCUT2D eigenvalue weighted by Gasteiger charge is -2.23. The lowest BCUT2D eigenvalue weighted by Crippen LogP contribution is -2.36. The van der Waals surface area contributed by atoms with Crippen LogP contribution in [-0.2, 0) is 6.42 Å². The molecule has 0 radical (unpaired) electrons. The first-order valence-electron chi connectivity index (χ1n) is 6.46. The Kier molecular flexibility index (Phi) is 3.08. The van der Waals surface area contributed by atoms with Crippen LogP contribution in [0.2, 0.25) is 5.02 Å². The summed E-state index contributed by atoms with van der Waals surface area (Å²) in [4.78, 5) is 2.35. The summed E-state index contributed by atoms with van der Waals surface area (Å²) in [6, 6.07) is 5.47. The molecule has 1 aliphatic heterocycles. The molecule has 1 N–H and O–H groups in total. The average molecular weight is 270 g/mol. The quantitative estimate of drug-likeness (QED) is 0.912. The van der Waals surface area contributed by atoms with E-state index in [2.05, 4.69) is 4.90 Å². The highest BCUT2D eigenvalue weighted by Crippen LogP contribution is 2.35. The van der Waals surface area contributed by atoms with Crippen molar-refractivity contribution in [2.75, 3.05) is 13.1 Å². The Morgan fingerprint density at radius 3 is 2.89 bits per heavy atom. The van der Waals surface area contributed by atoms with Crippen molar-refractivity contribution < 1.29 is 9.50 Å². The Morgan fingerprint density at radius 1 is 1.44 bits per heavy atom. The summed E-state index contributed by atoms with van der Waals surface area (Å²) < 4.78 is 13.4. The molecule has 1 saturated carbocycles. The second-order valence-electron chi connectivity index (χ2n) is 5.60. The maximum atomic E-state index is 13.4. The molecule has 1 aromatic carbocycles. The number of rotatable bonds is 3. The van der Waals surface area contributed by atoms with Gasteiger partial charge in [-0.15, -0.1) is 0 Å². The van der Waals surface area contributed by atoms with E-state index < -0.39 is 11.4 Å². The van der Waals surface area contributed by atoms with Crippen molar-refractivity contribution >= 4 is 11.6 Å². The average Bonchev–Trinajstić information content (AvgIpc) is 3.09. The predicted molar refractivity (Wildman–Crippen MR) is 69.3 cm³/mol. The van der Waals surface area contributed by atoms with Crippen molar-refractivity contribution in [3.8, 4) is 0 Å². The number of halogens is 2. The zero-order chi connectivity index (χ0) is 12.8. The van der Waals surface area contributed by atoms with Crippen LogP contribution < -0.4 is 0 Å². The number of benzene rings is 1. The van der Waals surface area contributed by atoms with E-state index in [9.17, 15) is 9.50 Å². The van der Waals surface area contributed by atoms with Gasteiger partial charge in [0.2, 0.25) is 0 Å². The van der Waals surface area contributed by atoms with Gasteiger partial charge in [0.25, 0.3) is 0 Å². The minimum absolute atomic E-state index is 0.136. The van der Waals surface area contributed by atoms with Crippen molar-refractivity contribution in [1.82, 2.24) is 4.90 Å². The first kappa shape index (κ1) is 12.4. The number of hydrogen-bond donors (Lipinski definition) is 1. The summed E-state index contributed by atoms with van der Waals surface area (Å²) in [5, 5.41) is 10.7. The molecule has 0 amide bonds. The van der Waals surface area contributed by atoms with Crippen LogP contribution in [0.5, 0.6) is 0 Å². The van der Waals surface area contributed by atoms with E-state index in [0.717, 1.165) is 18.5 Å². The van der Waals surface area contributed by atoms with E-state index in [4.69, 9.17) is 11.6 Å². The van der Waals surface area contributed by atoms with Gasteiger partial charge >= 0.3 is 0 Å². The molecule has 18 heavy (non-hydrogen) atoms. The van der Waals surface area contributed by atoms with Gasteiger partial charge in [0, 0.05) is 25.6 Å². The van der Waals surface area contributed by atoms with Crippen LogP contribution in [0, 0.1) is 5.82 Å². The maximum absolute atomic E-state index is 13.4. The van der Waals surface area contributed by atoms with Gasteiger partial charge in [0.05, 0.1) is 10.6 Å². The van der Waals surface area contributed by atoms with Gasteiger partial charge in [-0.1, -0.05) is 17.7 Å². The Bertz CT molecular complexity index is 463. The highest BCUT2D eigenvalue weighted by molar-refractivity contribution is 6.30. The molecule has 0 spiro atoms. The normalized spacial score (nSPS) is 28.8. The Morgan fingerprint density at radius 2 is 2.22 bits per heavy atom. The third-order valence-electron chi connectivity index (χ3n) is 3.94. The number of nitrogens with zero attached hydrogens (tertiary/aromatic N) is 1. The van der Waals surface area contributed by atoms with Crippen LogP contribution in [0.3, 0.4) is 0 Å². The Balaban J connectivity index is 1.69. The fourth-order valence-corrected chi connectivity index (χ4v) is 2.93. The fraction of sp³-hybridized carbons (Fsp3) is 0.571. The van der Waals surface area contributed by atoms with E-state index in [1.54, 1.807) is 12.1 Å². The summed E-state index contributed by atoms with van der Waals surface area (Å²) >= 11 is 5.66. The van der Waals surface area contributed by atoms with Gasteiger partial charge in [0.1, 0.15) is 5.82 Å². The second kappa shape index (κ2) is 4.48. The third kappa shape index (κ3) is 2.53. The summed E-state index contributed by atoms with van der Waals surface area (Å²) in [5.74, 6) is -0.408. The van der Waals surface area contributed by atoms with Gasteiger partial charge in [-0.2, -0.15) is 0 Å². The van der Waals surface area contributed by atoms with E-state index in [-0.39, 0.29) is 5.02 Å². The summed E-state index contributed by atoms with van der Waals surface area (Å²) in [6.07, 6.45) is 3.79. The van der Waals surface area contributed by atoms with Crippen molar-refractivity contribution in [3.05, 3.63) is 34.6 Å². The van der Waals surface area contributed by atoms with Gasteiger partial charge < -0.3 is 5.11 Å². The van der Waals surface area contributed by atoms with E-state index in [1.165, 1.54) is 18.9 Å². The molecule has 4 heteroatoms.